The number of unbranched alkanes of at least 4 members (excludes halogenated alkanes) is 3. The van der Waals surface area contributed by atoms with E-state index in [9.17, 15) is 0 Å². The van der Waals surface area contributed by atoms with Crippen LogP contribution in [-0.2, 0) is 5.41 Å². The Labute approximate surface area is 92.4 Å². The van der Waals surface area contributed by atoms with Gasteiger partial charge in [-0.15, -0.1) is 0 Å². The molecule has 0 fully saturated rings. The molecule has 0 aliphatic rings. The summed E-state index contributed by atoms with van der Waals surface area (Å²) in [5.74, 6) is 0. The van der Waals surface area contributed by atoms with Gasteiger partial charge in [0.2, 0.25) is 0 Å². The molecule has 80 valence electrons. The minimum atomic E-state index is 0.383. The van der Waals surface area contributed by atoms with Gasteiger partial charge >= 0.3 is 0 Å². The lowest BCUT2D eigenvalue weighted by molar-refractivity contribution is 0.447. The lowest BCUT2D eigenvalue weighted by Gasteiger charge is -2.23. The fraction of sp³-hybridized carbons (Fsp3) is 0.692. The highest BCUT2D eigenvalue weighted by molar-refractivity contribution is 7.08. The molecule has 0 aliphatic carbocycles. The summed E-state index contributed by atoms with van der Waals surface area (Å²) in [5, 5.41) is 4.48. The van der Waals surface area contributed by atoms with Gasteiger partial charge in [-0.1, -0.05) is 46.5 Å². The Morgan fingerprint density at radius 2 is 2.00 bits per heavy atom. The summed E-state index contributed by atoms with van der Waals surface area (Å²) < 4.78 is 0. The van der Waals surface area contributed by atoms with Crippen molar-refractivity contribution >= 4 is 11.3 Å². The van der Waals surface area contributed by atoms with Crippen LogP contribution in [0.25, 0.3) is 0 Å². The normalized spacial score (nSPS) is 11.9. The van der Waals surface area contributed by atoms with Gasteiger partial charge in [-0.2, -0.15) is 11.3 Å². The van der Waals surface area contributed by atoms with Crippen molar-refractivity contribution in [3.05, 3.63) is 22.4 Å². The van der Waals surface area contributed by atoms with E-state index in [1.54, 1.807) is 0 Å². The first-order valence-electron chi connectivity index (χ1n) is 5.69. The zero-order valence-electron chi connectivity index (χ0n) is 9.68. The molecule has 1 heterocycles. The Hall–Kier alpha value is -0.300. The summed E-state index contributed by atoms with van der Waals surface area (Å²) in [6, 6.07) is 2.27. The summed E-state index contributed by atoms with van der Waals surface area (Å²) in [5.41, 5.74) is 1.90. The third-order valence-corrected chi connectivity index (χ3v) is 3.64. The van der Waals surface area contributed by atoms with Crippen molar-refractivity contribution in [1.29, 1.82) is 0 Å². The minimum absolute atomic E-state index is 0.383. The van der Waals surface area contributed by atoms with Gasteiger partial charge in [0.1, 0.15) is 0 Å². The molecule has 0 aromatic carbocycles. The van der Waals surface area contributed by atoms with Crippen LogP contribution < -0.4 is 0 Å². The van der Waals surface area contributed by atoms with Crippen molar-refractivity contribution in [3.63, 3.8) is 0 Å². The van der Waals surface area contributed by atoms with E-state index in [2.05, 4.69) is 37.6 Å². The maximum absolute atomic E-state index is 2.36. The van der Waals surface area contributed by atoms with Gasteiger partial charge in [0.05, 0.1) is 0 Å². The minimum Gasteiger partial charge on any atom is -0.152 e. The van der Waals surface area contributed by atoms with Gasteiger partial charge in [-0.3, -0.25) is 0 Å². The molecule has 0 N–H and O–H groups in total. The van der Waals surface area contributed by atoms with Gasteiger partial charge in [-0.05, 0) is 34.2 Å². The quantitative estimate of drug-likeness (QED) is 0.580. The van der Waals surface area contributed by atoms with Crippen LogP contribution in [0.4, 0.5) is 0 Å². The van der Waals surface area contributed by atoms with Gasteiger partial charge in [-0.25, -0.2) is 0 Å². The predicted molar refractivity (Wildman–Crippen MR) is 66.1 cm³/mol. The SMILES string of the molecule is CCCCCCC(C)(C)c1ccsc1. The molecule has 1 rings (SSSR count). The van der Waals surface area contributed by atoms with Gasteiger partial charge in [0.25, 0.3) is 0 Å². The standard InChI is InChI=1S/C13H22S/c1-4-5-6-7-9-13(2,3)12-8-10-14-11-12/h8,10-11H,4-7,9H2,1-3H3. The molecule has 0 saturated heterocycles. The Bertz CT molecular complexity index is 234. The molecule has 0 saturated carbocycles. The van der Waals surface area contributed by atoms with Crippen LogP contribution in [0.15, 0.2) is 16.8 Å². The van der Waals surface area contributed by atoms with Crippen molar-refractivity contribution in [1.82, 2.24) is 0 Å². The van der Waals surface area contributed by atoms with Crippen LogP contribution >= 0.6 is 11.3 Å². The van der Waals surface area contributed by atoms with Crippen LogP contribution in [0.1, 0.15) is 58.4 Å². The molecular formula is C13H22S. The topological polar surface area (TPSA) is 0 Å². The summed E-state index contributed by atoms with van der Waals surface area (Å²) >= 11 is 1.81. The zero-order chi connectivity index (χ0) is 10.4. The Morgan fingerprint density at radius 3 is 2.57 bits per heavy atom. The second kappa shape index (κ2) is 5.55. The highest BCUT2D eigenvalue weighted by Gasteiger charge is 2.19. The van der Waals surface area contributed by atoms with Crippen LogP contribution in [0.5, 0.6) is 0 Å². The smallest absolute Gasteiger partial charge is 0.00558 e. The predicted octanol–water partition coefficient (Wildman–Crippen LogP) is 5.00. The average Bonchev–Trinajstić information content (AvgIpc) is 2.65. The zero-order valence-corrected chi connectivity index (χ0v) is 10.5. The fourth-order valence-electron chi connectivity index (χ4n) is 1.79. The molecule has 0 radical (unpaired) electrons. The lowest BCUT2D eigenvalue weighted by atomic mass is 9.81. The van der Waals surface area contributed by atoms with E-state index in [1.165, 1.54) is 37.7 Å². The molecule has 0 aliphatic heterocycles. The second-order valence-electron chi connectivity index (χ2n) is 4.71. The van der Waals surface area contributed by atoms with Crippen molar-refractivity contribution in [2.45, 2.75) is 58.3 Å². The lowest BCUT2D eigenvalue weighted by Crippen LogP contribution is -2.15. The first kappa shape index (κ1) is 11.8. The molecule has 1 heteroatoms. The van der Waals surface area contributed by atoms with Crippen LogP contribution in [0, 0.1) is 0 Å². The molecule has 0 unspecified atom stereocenters. The molecule has 0 nitrogen and oxygen atoms in total. The molecule has 0 amide bonds. The number of thiophene rings is 1. The van der Waals surface area contributed by atoms with E-state index < -0.39 is 0 Å². The van der Waals surface area contributed by atoms with E-state index in [0.29, 0.717) is 5.41 Å². The summed E-state index contributed by atoms with van der Waals surface area (Å²) in [6.07, 6.45) is 6.81. The highest BCUT2D eigenvalue weighted by atomic mass is 32.1. The van der Waals surface area contributed by atoms with E-state index >= 15 is 0 Å². The molecule has 14 heavy (non-hydrogen) atoms. The largest absolute Gasteiger partial charge is 0.152 e. The third-order valence-electron chi connectivity index (χ3n) is 2.96. The summed E-state index contributed by atoms with van der Waals surface area (Å²) in [6.45, 7) is 6.99. The second-order valence-corrected chi connectivity index (χ2v) is 5.49. The van der Waals surface area contributed by atoms with E-state index in [-0.39, 0.29) is 0 Å². The summed E-state index contributed by atoms with van der Waals surface area (Å²) in [4.78, 5) is 0. The van der Waals surface area contributed by atoms with Gasteiger partial charge in [0, 0.05) is 0 Å². The Balaban J connectivity index is 2.35. The van der Waals surface area contributed by atoms with Crippen LogP contribution in [-0.4, -0.2) is 0 Å². The average molecular weight is 210 g/mol. The first-order valence-corrected chi connectivity index (χ1v) is 6.64. The van der Waals surface area contributed by atoms with Crippen LogP contribution in [0.2, 0.25) is 0 Å². The van der Waals surface area contributed by atoms with Crippen molar-refractivity contribution in [2.24, 2.45) is 0 Å². The molecule has 0 bridgehead atoms. The number of hydrogen-bond donors (Lipinski definition) is 0. The van der Waals surface area contributed by atoms with Gasteiger partial charge < -0.3 is 0 Å². The number of hydrogen-bond acceptors (Lipinski definition) is 1. The monoisotopic (exact) mass is 210 g/mol. The van der Waals surface area contributed by atoms with Crippen molar-refractivity contribution in [2.75, 3.05) is 0 Å². The van der Waals surface area contributed by atoms with Crippen molar-refractivity contribution < 1.29 is 0 Å². The van der Waals surface area contributed by atoms with Gasteiger partial charge in [0.15, 0.2) is 0 Å². The van der Waals surface area contributed by atoms with E-state index in [4.69, 9.17) is 0 Å². The highest BCUT2D eigenvalue weighted by Crippen LogP contribution is 2.30. The maximum atomic E-state index is 2.36. The number of rotatable bonds is 6. The van der Waals surface area contributed by atoms with E-state index in [0.717, 1.165) is 0 Å². The van der Waals surface area contributed by atoms with Crippen LogP contribution in [0.3, 0.4) is 0 Å². The Morgan fingerprint density at radius 1 is 1.21 bits per heavy atom. The summed E-state index contributed by atoms with van der Waals surface area (Å²) in [7, 11) is 0. The fourth-order valence-corrected chi connectivity index (χ4v) is 2.64. The molecule has 1 aromatic rings. The third kappa shape index (κ3) is 3.45. The maximum Gasteiger partial charge on any atom is -0.00558 e. The Kier molecular flexibility index (Phi) is 4.67. The van der Waals surface area contributed by atoms with Crippen molar-refractivity contribution in [3.8, 4) is 0 Å². The molecule has 0 atom stereocenters. The van der Waals surface area contributed by atoms with E-state index in [1.807, 2.05) is 11.3 Å². The molecule has 0 spiro atoms. The molecule has 1 aromatic heterocycles. The first-order chi connectivity index (χ1) is 6.67. The molecular weight excluding hydrogens is 188 g/mol.